The van der Waals surface area contributed by atoms with E-state index in [1.165, 1.54) is 0 Å². The minimum atomic E-state index is -4.16. The Balaban J connectivity index is 1.61. The maximum absolute atomic E-state index is 12.8. The van der Waals surface area contributed by atoms with Gasteiger partial charge in [0.1, 0.15) is 18.0 Å². The summed E-state index contributed by atoms with van der Waals surface area (Å²) in [6.07, 6.45) is 3.34. The van der Waals surface area contributed by atoms with Crippen molar-refractivity contribution in [3.8, 4) is 23.0 Å². The van der Waals surface area contributed by atoms with E-state index in [0.29, 0.717) is 32.1 Å². The number of alkyl halides is 3. The van der Waals surface area contributed by atoms with E-state index >= 15 is 0 Å². The van der Waals surface area contributed by atoms with Crippen molar-refractivity contribution in [2.75, 3.05) is 26.2 Å². The molecular formula is C28H38F3N5O2Si. The Morgan fingerprint density at radius 3 is 2.64 bits per heavy atom. The van der Waals surface area contributed by atoms with E-state index in [2.05, 4.69) is 46.1 Å². The Hall–Kier alpha value is -2.65. The Morgan fingerprint density at radius 2 is 1.95 bits per heavy atom. The number of likely N-dealkylation sites (tertiary alicyclic amines) is 1. The normalized spacial score (nSPS) is 17.1. The van der Waals surface area contributed by atoms with Gasteiger partial charge in [0.15, 0.2) is 0 Å². The second kappa shape index (κ2) is 11.5. The Morgan fingerprint density at radius 1 is 1.18 bits per heavy atom. The molecular weight excluding hydrogens is 523 g/mol. The number of fused-ring (bicyclic) bond motifs is 1. The van der Waals surface area contributed by atoms with Crippen LogP contribution in [0, 0.1) is 11.8 Å². The van der Waals surface area contributed by atoms with Crippen molar-refractivity contribution in [2.24, 2.45) is 0 Å². The molecule has 1 N–H and O–H groups in total. The molecule has 0 saturated carbocycles. The molecule has 1 fully saturated rings. The van der Waals surface area contributed by atoms with Crippen molar-refractivity contribution < 1.29 is 23.0 Å². The average Bonchev–Trinajstić information content (AvgIpc) is 3.55. The van der Waals surface area contributed by atoms with E-state index in [4.69, 9.17) is 4.74 Å². The molecule has 7 nitrogen and oxygen atoms in total. The zero-order chi connectivity index (χ0) is 28.4. The monoisotopic (exact) mass is 561 g/mol. The van der Waals surface area contributed by atoms with Crippen LogP contribution in [-0.2, 0) is 11.5 Å². The first kappa shape index (κ1) is 29.3. The lowest BCUT2D eigenvalue weighted by Gasteiger charge is -2.18. The third kappa shape index (κ3) is 8.41. The maximum Gasteiger partial charge on any atom is 0.390 e. The number of rotatable bonds is 9. The molecule has 0 aliphatic carbocycles. The predicted octanol–water partition coefficient (Wildman–Crippen LogP) is 5.53. The van der Waals surface area contributed by atoms with E-state index in [1.54, 1.807) is 30.9 Å². The molecule has 0 bridgehead atoms. The highest BCUT2D eigenvalue weighted by molar-refractivity contribution is 6.76. The lowest BCUT2D eigenvalue weighted by molar-refractivity contribution is -0.137. The quantitative estimate of drug-likeness (QED) is 0.211. The molecule has 1 atom stereocenters. The van der Waals surface area contributed by atoms with Gasteiger partial charge < -0.3 is 19.3 Å². The van der Waals surface area contributed by atoms with Gasteiger partial charge in [0.2, 0.25) is 0 Å². The first-order valence-electron chi connectivity index (χ1n) is 13.3. The van der Waals surface area contributed by atoms with Gasteiger partial charge in [-0.2, -0.15) is 18.3 Å². The maximum atomic E-state index is 12.8. The minimum absolute atomic E-state index is 0.00542. The Labute approximate surface area is 229 Å². The number of aromatic nitrogens is 4. The summed E-state index contributed by atoms with van der Waals surface area (Å²) >= 11 is 0. The van der Waals surface area contributed by atoms with Gasteiger partial charge in [-0.25, -0.2) is 9.67 Å². The largest absolute Gasteiger partial charge is 0.390 e. The molecule has 1 aliphatic rings. The van der Waals surface area contributed by atoms with Crippen LogP contribution in [0.2, 0.25) is 25.7 Å². The van der Waals surface area contributed by atoms with Gasteiger partial charge in [-0.15, -0.1) is 0 Å². The summed E-state index contributed by atoms with van der Waals surface area (Å²) in [5.41, 5.74) is 2.13. The van der Waals surface area contributed by atoms with Crippen LogP contribution in [0.5, 0.6) is 0 Å². The van der Waals surface area contributed by atoms with Crippen LogP contribution in [0.4, 0.5) is 13.2 Å². The standard InChI is InChI=1S/C28H38F3N5O2Si/c1-27(2,37)8-6-22-14-24-25(21-15-33-35(17-21)20-38-12-13-39(3,4)5)19-36(26(24)16-32-22)23-7-10-34(18-23)11-9-28(29,30)31/h14-17,19,23,37H,7,9-13,18,20H2,1-5H3. The zero-order valence-electron chi connectivity index (χ0n) is 23.3. The molecule has 0 amide bonds. The summed E-state index contributed by atoms with van der Waals surface area (Å²) in [6.45, 7) is 12.4. The first-order chi connectivity index (χ1) is 18.2. The van der Waals surface area contributed by atoms with E-state index in [0.717, 1.165) is 34.5 Å². The second-order valence-electron chi connectivity index (χ2n) is 12.1. The van der Waals surface area contributed by atoms with Crippen LogP contribution < -0.4 is 0 Å². The van der Waals surface area contributed by atoms with E-state index in [9.17, 15) is 18.3 Å². The van der Waals surface area contributed by atoms with Crippen LogP contribution in [-0.4, -0.2) is 75.4 Å². The average molecular weight is 562 g/mol. The number of halogens is 3. The number of hydrogen-bond acceptors (Lipinski definition) is 5. The minimum Gasteiger partial charge on any atom is -0.378 e. The van der Waals surface area contributed by atoms with Crippen molar-refractivity contribution in [3.63, 3.8) is 0 Å². The number of aliphatic hydroxyl groups is 1. The SMILES string of the molecule is CC(C)(O)C#Cc1cc2c(-c3cnn(COCC[Si](C)(C)C)c3)cn(C3CCN(CCC(F)(F)F)C3)c2cn1. The summed E-state index contributed by atoms with van der Waals surface area (Å²) in [5.74, 6) is 5.76. The lowest BCUT2D eigenvalue weighted by Crippen LogP contribution is -2.26. The van der Waals surface area contributed by atoms with Crippen LogP contribution in [0.15, 0.2) is 30.9 Å². The Kier molecular flexibility index (Phi) is 8.61. The highest BCUT2D eigenvalue weighted by atomic mass is 28.3. The summed E-state index contributed by atoms with van der Waals surface area (Å²) in [7, 11) is -1.18. The highest BCUT2D eigenvalue weighted by Crippen LogP contribution is 2.35. The third-order valence-corrected chi connectivity index (χ3v) is 8.44. The van der Waals surface area contributed by atoms with Crippen LogP contribution in [0.25, 0.3) is 22.0 Å². The molecule has 1 unspecified atom stereocenters. The van der Waals surface area contributed by atoms with E-state index in [-0.39, 0.29) is 12.6 Å². The van der Waals surface area contributed by atoms with Crippen molar-refractivity contribution in [2.45, 2.75) is 76.9 Å². The van der Waals surface area contributed by atoms with Gasteiger partial charge in [0.05, 0.1) is 24.3 Å². The molecule has 4 rings (SSSR count). The van der Waals surface area contributed by atoms with Crippen LogP contribution >= 0.6 is 0 Å². The predicted molar refractivity (Wildman–Crippen MR) is 149 cm³/mol. The van der Waals surface area contributed by atoms with Crippen LogP contribution in [0.3, 0.4) is 0 Å². The van der Waals surface area contributed by atoms with Crippen LogP contribution in [0.1, 0.15) is 38.4 Å². The van der Waals surface area contributed by atoms with Gasteiger partial charge in [-0.05, 0) is 38.3 Å². The summed E-state index contributed by atoms with van der Waals surface area (Å²) < 4.78 is 48.1. The molecule has 1 saturated heterocycles. The molecule has 3 aromatic heterocycles. The van der Waals surface area contributed by atoms with Gasteiger partial charge in [-0.3, -0.25) is 0 Å². The fourth-order valence-electron chi connectivity index (χ4n) is 4.60. The topological polar surface area (TPSA) is 68.3 Å². The molecule has 212 valence electrons. The third-order valence-electron chi connectivity index (χ3n) is 6.73. The lowest BCUT2D eigenvalue weighted by atomic mass is 10.1. The molecule has 0 spiro atoms. The number of hydrogen-bond donors (Lipinski definition) is 1. The molecule has 0 aromatic carbocycles. The van der Waals surface area contributed by atoms with E-state index in [1.807, 2.05) is 23.4 Å². The number of ether oxygens (including phenoxy) is 1. The van der Waals surface area contributed by atoms with Crippen molar-refractivity contribution in [1.82, 2.24) is 24.2 Å². The highest BCUT2D eigenvalue weighted by Gasteiger charge is 2.31. The van der Waals surface area contributed by atoms with Crippen molar-refractivity contribution >= 4 is 19.0 Å². The van der Waals surface area contributed by atoms with Gasteiger partial charge >= 0.3 is 6.18 Å². The second-order valence-corrected chi connectivity index (χ2v) is 17.7. The smallest absolute Gasteiger partial charge is 0.378 e. The summed E-state index contributed by atoms with van der Waals surface area (Å²) in [4.78, 5) is 6.38. The molecule has 1 aliphatic heterocycles. The first-order valence-corrected chi connectivity index (χ1v) is 17.0. The molecule has 4 heterocycles. The Bertz CT molecular complexity index is 1340. The number of nitrogens with zero attached hydrogens (tertiary/aromatic N) is 5. The fourth-order valence-corrected chi connectivity index (χ4v) is 5.36. The fraction of sp³-hybridized carbons (Fsp3) is 0.571. The summed E-state index contributed by atoms with van der Waals surface area (Å²) in [5, 5.41) is 15.4. The van der Waals surface area contributed by atoms with Crippen molar-refractivity contribution in [1.29, 1.82) is 0 Å². The molecule has 39 heavy (non-hydrogen) atoms. The van der Waals surface area contributed by atoms with Crippen molar-refractivity contribution in [3.05, 3.63) is 36.5 Å². The van der Waals surface area contributed by atoms with Gasteiger partial charge in [0.25, 0.3) is 0 Å². The zero-order valence-corrected chi connectivity index (χ0v) is 24.3. The van der Waals surface area contributed by atoms with Gasteiger partial charge in [0, 0.05) is 69.3 Å². The van der Waals surface area contributed by atoms with Gasteiger partial charge in [-0.1, -0.05) is 25.6 Å². The molecule has 0 radical (unpaired) electrons. The number of pyridine rings is 1. The molecule has 11 heteroatoms. The summed E-state index contributed by atoms with van der Waals surface area (Å²) in [6, 6.07) is 3.01. The van der Waals surface area contributed by atoms with E-state index < -0.39 is 26.3 Å². The molecule has 3 aromatic rings.